The van der Waals surface area contributed by atoms with Gasteiger partial charge in [-0.15, -0.1) is 0 Å². The molecule has 2 aromatic carbocycles. The van der Waals surface area contributed by atoms with E-state index in [4.69, 9.17) is 16.3 Å². The van der Waals surface area contributed by atoms with Crippen LogP contribution in [-0.2, 0) is 10.2 Å². The van der Waals surface area contributed by atoms with Crippen molar-refractivity contribution in [2.75, 3.05) is 19.8 Å². The third-order valence-electron chi connectivity index (χ3n) is 4.74. The number of nitrogens with one attached hydrogen (secondary N) is 1. The highest BCUT2D eigenvalue weighted by molar-refractivity contribution is 6.31. The van der Waals surface area contributed by atoms with E-state index in [1.807, 2.05) is 18.2 Å². The highest BCUT2D eigenvalue weighted by Gasteiger charge is 2.36. The fourth-order valence-electron chi connectivity index (χ4n) is 3.24. The van der Waals surface area contributed by atoms with E-state index in [1.54, 1.807) is 6.07 Å². The third kappa shape index (κ3) is 3.71. The number of hydrogen-bond donors (Lipinski definition) is 1. The summed E-state index contributed by atoms with van der Waals surface area (Å²) in [5.74, 6) is -4.53. The van der Waals surface area contributed by atoms with Gasteiger partial charge < -0.3 is 10.1 Å². The van der Waals surface area contributed by atoms with Crippen LogP contribution in [0.2, 0.25) is 5.02 Å². The molecule has 1 saturated heterocycles. The van der Waals surface area contributed by atoms with Crippen LogP contribution in [0.25, 0.3) is 0 Å². The van der Waals surface area contributed by atoms with Crippen molar-refractivity contribution in [3.63, 3.8) is 0 Å². The van der Waals surface area contributed by atoms with Crippen LogP contribution >= 0.6 is 11.6 Å². The van der Waals surface area contributed by atoms with Gasteiger partial charge in [-0.05, 0) is 30.5 Å². The molecule has 1 fully saturated rings. The van der Waals surface area contributed by atoms with E-state index in [0.717, 1.165) is 5.56 Å². The molecule has 0 aromatic heterocycles. The van der Waals surface area contributed by atoms with Gasteiger partial charge in [0.15, 0.2) is 11.6 Å². The number of benzene rings is 2. The molecule has 3 nitrogen and oxygen atoms in total. The minimum atomic E-state index is -1.34. The van der Waals surface area contributed by atoms with Crippen LogP contribution in [-0.4, -0.2) is 25.7 Å². The average molecular weight is 384 g/mol. The zero-order chi connectivity index (χ0) is 18.7. The lowest BCUT2D eigenvalue weighted by Crippen LogP contribution is -2.45. The predicted molar refractivity (Wildman–Crippen MR) is 91.8 cm³/mol. The number of hydrogen-bond acceptors (Lipinski definition) is 2. The van der Waals surface area contributed by atoms with Crippen molar-refractivity contribution in [3.05, 3.63) is 70.0 Å². The summed E-state index contributed by atoms with van der Waals surface area (Å²) in [6, 6.07) is 8.25. The molecular weight excluding hydrogens is 367 g/mol. The summed E-state index contributed by atoms with van der Waals surface area (Å²) < 4.78 is 45.6. The topological polar surface area (TPSA) is 38.3 Å². The Kier molecular flexibility index (Phi) is 5.53. The molecule has 2 aromatic rings. The Morgan fingerprint density at radius 2 is 1.73 bits per heavy atom. The van der Waals surface area contributed by atoms with Gasteiger partial charge in [0, 0.05) is 36.3 Å². The van der Waals surface area contributed by atoms with E-state index in [0.29, 0.717) is 43.2 Å². The SMILES string of the molecule is O=C(NCC1(c2ccccc2Cl)CCOCC1)c1cc(F)c(F)cc1F. The van der Waals surface area contributed by atoms with E-state index in [1.165, 1.54) is 0 Å². The average Bonchev–Trinajstić information content (AvgIpc) is 2.64. The lowest BCUT2D eigenvalue weighted by atomic mass is 9.74. The standard InChI is InChI=1S/C19H17ClF3NO2/c20-14-4-2-1-3-13(14)19(5-7-26-8-6-19)11-24-18(25)12-9-16(22)17(23)10-15(12)21/h1-4,9-10H,5-8,11H2,(H,24,25). The quantitative estimate of drug-likeness (QED) is 0.802. The fourth-order valence-corrected chi connectivity index (χ4v) is 3.57. The number of rotatable bonds is 4. The Morgan fingerprint density at radius 1 is 1.08 bits per heavy atom. The van der Waals surface area contributed by atoms with Gasteiger partial charge in [-0.25, -0.2) is 13.2 Å². The summed E-state index contributed by atoms with van der Waals surface area (Å²) in [7, 11) is 0. The van der Waals surface area contributed by atoms with Crippen molar-refractivity contribution < 1.29 is 22.7 Å². The molecule has 1 aliphatic rings. The van der Waals surface area contributed by atoms with E-state index >= 15 is 0 Å². The maximum atomic E-state index is 13.8. The van der Waals surface area contributed by atoms with Gasteiger partial charge in [0.1, 0.15) is 5.82 Å². The van der Waals surface area contributed by atoms with Crippen LogP contribution in [0.3, 0.4) is 0 Å². The van der Waals surface area contributed by atoms with Crippen LogP contribution in [0, 0.1) is 17.5 Å². The normalized spacial score (nSPS) is 16.3. The van der Waals surface area contributed by atoms with Gasteiger partial charge in [0.2, 0.25) is 0 Å². The van der Waals surface area contributed by atoms with Crippen LogP contribution in [0.1, 0.15) is 28.8 Å². The van der Waals surface area contributed by atoms with Crippen LogP contribution in [0.5, 0.6) is 0 Å². The van der Waals surface area contributed by atoms with E-state index < -0.39 is 34.3 Å². The number of carbonyl (C=O) groups is 1. The maximum absolute atomic E-state index is 13.8. The lowest BCUT2D eigenvalue weighted by Gasteiger charge is -2.38. The predicted octanol–water partition coefficient (Wildman–Crippen LogP) is 4.24. The molecule has 0 radical (unpaired) electrons. The van der Waals surface area contributed by atoms with Gasteiger partial charge >= 0.3 is 0 Å². The van der Waals surface area contributed by atoms with E-state index in [2.05, 4.69) is 5.32 Å². The van der Waals surface area contributed by atoms with Crippen molar-refractivity contribution in [3.8, 4) is 0 Å². The number of amides is 1. The van der Waals surface area contributed by atoms with Crippen molar-refractivity contribution in [1.82, 2.24) is 5.32 Å². The Labute approximate surface area is 154 Å². The van der Waals surface area contributed by atoms with Crippen molar-refractivity contribution in [2.24, 2.45) is 0 Å². The summed E-state index contributed by atoms with van der Waals surface area (Å²) >= 11 is 6.34. The Bertz CT molecular complexity index is 822. The molecule has 0 spiro atoms. The zero-order valence-electron chi connectivity index (χ0n) is 13.8. The molecule has 0 saturated carbocycles. The van der Waals surface area contributed by atoms with Gasteiger partial charge in [-0.3, -0.25) is 4.79 Å². The molecule has 3 rings (SSSR count). The monoisotopic (exact) mass is 383 g/mol. The van der Waals surface area contributed by atoms with Crippen molar-refractivity contribution in [2.45, 2.75) is 18.3 Å². The lowest BCUT2D eigenvalue weighted by molar-refractivity contribution is 0.0487. The first kappa shape index (κ1) is 18.7. The van der Waals surface area contributed by atoms with Gasteiger partial charge in [0.25, 0.3) is 5.91 Å². The Morgan fingerprint density at radius 3 is 2.42 bits per heavy atom. The number of ether oxygens (including phenoxy) is 1. The second-order valence-corrected chi connectivity index (χ2v) is 6.71. The summed E-state index contributed by atoms with van der Waals surface area (Å²) in [6.45, 7) is 1.18. The van der Waals surface area contributed by atoms with Crippen LogP contribution < -0.4 is 5.32 Å². The summed E-state index contributed by atoms with van der Waals surface area (Å²) in [5.41, 5.74) is -0.136. The summed E-state index contributed by atoms with van der Waals surface area (Å²) in [4.78, 5) is 12.3. The molecule has 1 amide bonds. The van der Waals surface area contributed by atoms with Crippen molar-refractivity contribution >= 4 is 17.5 Å². The first-order valence-electron chi connectivity index (χ1n) is 8.18. The Balaban J connectivity index is 1.84. The smallest absolute Gasteiger partial charge is 0.254 e. The zero-order valence-corrected chi connectivity index (χ0v) is 14.6. The fraction of sp³-hybridized carbons (Fsp3) is 0.316. The second-order valence-electron chi connectivity index (χ2n) is 6.30. The number of carbonyl (C=O) groups excluding carboxylic acids is 1. The molecule has 1 N–H and O–H groups in total. The second kappa shape index (κ2) is 7.68. The van der Waals surface area contributed by atoms with E-state index in [9.17, 15) is 18.0 Å². The van der Waals surface area contributed by atoms with Crippen molar-refractivity contribution in [1.29, 1.82) is 0 Å². The molecule has 7 heteroatoms. The molecule has 0 unspecified atom stereocenters. The highest BCUT2D eigenvalue weighted by Crippen LogP contribution is 2.38. The molecule has 1 aliphatic heterocycles. The number of halogens is 4. The summed E-state index contributed by atoms with van der Waals surface area (Å²) in [5, 5.41) is 3.21. The first-order valence-corrected chi connectivity index (χ1v) is 8.56. The molecular formula is C19H17ClF3NO2. The van der Waals surface area contributed by atoms with Gasteiger partial charge in [-0.1, -0.05) is 29.8 Å². The molecule has 1 heterocycles. The minimum absolute atomic E-state index is 0.178. The molecule has 0 bridgehead atoms. The maximum Gasteiger partial charge on any atom is 0.254 e. The first-order chi connectivity index (χ1) is 12.4. The minimum Gasteiger partial charge on any atom is -0.381 e. The van der Waals surface area contributed by atoms with Gasteiger partial charge in [-0.2, -0.15) is 0 Å². The third-order valence-corrected chi connectivity index (χ3v) is 5.07. The van der Waals surface area contributed by atoms with E-state index in [-0.39, 0.29) is 6.54 Å². The molecule has 0 aliphatic carbocycles. The van der Waals surface area contributed by atoms with Crippen LogP contribution in [0.4, 0.5) is 13.2 Å². The molecule has 0 atom stereocenters. The van der Waals surface area contributed by atoms with Crippen LogP contribution in [0.15, 0.2) is 36.4 Å². The molecule has 26 heavy (non-hydrogen) atoms. The molecule has 138 valence electrons. The summed E-state index contributed by atoms with van der Waals surface area (Å²) in [6.07, 6.45) is 1.24. The van der Waals surface area contributed by atoms with Gasteiger partial charge in [0.05, 0.1) is 5.56 Å². The Hall–Kier alpha value is -2.05. The largest absolute Gasteiger partial charge is 0.381 e. The highest BCUT2D eigenvalue weighted by atomic mass is 35.5.